The van der Waals surface area contributed by atoms with Crippen LogP contribution in [0.2, 0.25) is 0 Å². The zero-order valence-corrected chi connectivity index (χ0v) is 13.4. The number of fused-ring (bicyclic) bond motifs is 1. The Morgan fingerprint density at radius 1 is 1.29 bits per heavy atom. The van der Waals surface area contributed by atoms with Gasteiger partial charge >= 0.3 is 0 Å². The van der Waals surface area contributed by atoms with Crippen LogP contribution in [-0.2, 0) is 9.59 Å². The van der Waals surface area contributed by atoms with Gasteiger partial charge in [0.2, 0.25) is 11.8 Å². The van der Waals surface area contributed by atoms with E-state index in [1.165, 1.54) is 0 Å². The molecule has 6 heteroatoms. The highest BCUT2D eigenvalue weighted by Crippen LogP contribution is 2.22. The highest BCUT2D eigenvalue weighted by atomic mass is 16.3. The first-order valence-electron chi connectivity index (χ1n) is 8.24. The number of amides is 1. The third-order valence-corrected chi connectivity index (χ3v) is 4.28. The van der Waals surface area contributed by atoms with E-state index in [-0.39, 0.29) is 24.1 Å². The molecule has 124 valence electrons. The summed E-state index contributed by atoms with van der Waals surface area (Å²) in [4.78, 5) is 30.5. The molecule has 6 nitrogen and oxygen atoms in total. The van der Waals surface area contributed by atoms with Gasteiger partial charge in [0.1, 0.15) is 5.52 Å². The molecule has 0 unspecified atom stereocenters. The molecular weight excluding hydrogens is 306 g/mol. The molecule has 1 aromatic heterocycles. The second-order valence-corrected chi connectivity index (χ2v) is 6.03. The monoisotopic (exact) mass is 325 g/mol. The number of aromatic nitrogens is 1. The minimum absolute atomic E-state index is 0.0164. The van der Waals surface area contributed by atoms with Crippen molar-refractivity contribution in [1.82, 2.24) is 9.88 Å². The highest BCUT2D eigenvalue weighted by Gasteiger charge is 2.29. The maximum atomic E-state index is 12.5. The predicted molar refractivity (Wildman–Crippen MR) is 87.0 cm³/mol. The third-order valence-electron chi connectivity index (χ3n) is 4.28. The molecular formula is C18H19N3O3. The van der Waals surface area contributed by atoms with E-state index in [1.54, 1.807) is 23.1 Å². The number of likely N-dealkylation sites (tertiary alicyclic amines) is 1. The third kappa shape index (κ3) is 3.46. The van der Waals surface area contributed by atoms with Gasteiger partial charge in [-0.05, 0) is 25.0 Å². The molecule has 3 rings (SSSR count). The summed E-state index contributed by atoms with van der Waals surface area (Å²) in [7, 11) is 0. The van der Waals surface area contributed by atoms with Gasteiger partial charge in [-0.15, -0.1) is 0 Å². The number of rotatable bonds is 4. The van der Waals surface area contributed by atoms with Crippen LogP contribution >= 0.6 is 0 Å². The van der Waals surface area contributed by atoms with Crippen LogP contribution in [0.5, 0.6) is 0 Å². The van der Waals surface area contributed by atoms with Crippen LogP contribution in [0.15, 0.2) is 28.7 Å². The summed E-state index contributed by atoms with van der Waals surface area (Å²) in [5.41, 5.74) is 1.16. The van der Waals surface area contributed by atoms with E-state index in [4.69, 9.17) is 4.42 Å². The number of nitrogens with zero attached hydrogens (tertiary/aromatic N) is 3. The zero-order valence-electron chi connectivity index (χ0n) is 13.4. The number of hydrogen-bond donors (Lipinski definition) is 0. The summed E-state index contributed by atoms with van der Waals surface area (Å²) in [5.74, 6) is -1.35. The van der Waals surface area contributed by atoms with Gasteiger partial charge in [0.15, 0.2) is 17.3 Å². The van der Waals surface area contributed by atoms with Crippen LogP contribution in [0.4, 0.5) is 0 Å². The van der Waals surface area contributed by atoms with E-state index in [2.05, 4.69) is 4.98 Å². The van der Waals surface area contributed by atoms with Crippen molar-refractivity contribution in [2.24, 2.45) is 0 Å². The number of carbonyl (C=O) groups excluding carboxylic acids is 2. The minimum atomic E-state index is -1.09. The van der Waals surface area contributed by atoms with Gasteiger partial charge in [0.25, 0.3) is 0 Å². The molecule has 1 saturated heterocycles. The average Bonchev–Trinajstić information content (AvgIpc) is 2.99. The van der Waals surface area contributed by atoms with E-state index in [1.807, 2.05) is 12.1 Å². The first-order chi connectivity index (χ1) is 11.7. The van der Waals surface area contributed by atoms with E-state index in [0.717, 1.165) is 25.7 Å². The molecule has 0 bridgehead atoms. The van der Waals surface area contributed by atoms with Crippen LogP contribution in [-0.4, -0.2) is 34.7 Å². The van der Waals surface area contributed by atoms with Gasteiger partial charge in [0.05, 0.1) is 12.6 Å². The number of oxazole rings is 1. The average molecular weight is 325 g/mol. The Kier molecular flexibility index (Phi) is 4.90. The maximum Gasteiger partial charge on any atom is 0.222 e. The van der Waals surface area contributed by atoms with Crippen LogP contribution in [0.3, 0.4) is 0 Å². The van der Waals surface area contributed by atoms with Crippen molar-refractivity contribution >= 4 is 22.8 Å². The fourth-order valence-electron chi connectivity index (χ4n) is 2.94. The number of para-hydroxylation sites is 2. The molecule has 0 aliphatic carbocycles. The second-order valence-electron chi connectivity index (χ2n) is 6.03. The molecule has 1 atom stereocenters. The van der Waals surface area contributed by atoms with Gasteiger partial charge in [-0.1, -0.05) is 25.0 Å². The molecule has 2 heterocycles. The molecule has 0 radical (unpaired) electrons. The minimum Gasteiger partial charge on any atom is -0.439 e. The molecule has 1 aliphatic rings. The van der Waals surface area contributed by atoms with E-state index < -0.39 is 5.92 Å². The SMILES string of the molecule is N#C[C@@H](C(=O)CN1CCCCCCC1=O)c1nc2ccccc2o1. The largest absolute Gasteiger partial charge is 0.439 e. The van der Waals surface area contributed by atoms with Crippen molar-refractivity contribution in [2.45, 2.75) is 38.0 Å². The second kappa shape index (κ2) is 7.26. The number of ketones is 1. The van der Waals surface area contributed by atoms with Crippen LogP contribution in [0, 0.1) is 11.3 Å². The van der Waals surface area contributed by atoms with Crippen molar-refractivity contribution in [3.05, 3.63) is 30.2 Å². The van der Waals surface area contributed by atoms with Gasteiger partial charge in [-0.2, -0.15) is 5.26 Å². The van der Waals surface area contributed by atoms with Gasteiger partial charge in [-0.25, -0.2) is 4.98 Å². The lowest BCUT2D eigenvalue weighted by atomic mass is 10.0. The van der Waals surface area contributed by atoms with Crippen molar-refractivity contribution in [2.75, 3.05) is 13.1 Å². The van der Waals surface area contributed by atoms with Crippen molar-refractivity contribution in [1.29, 1.82) is 5.26 Å². The number of carbonyl (C=O) groups is 2. The lowest BCUT2D eigenvalue weighted by Crippen LogP contribution is -2.38. The van der Waals surface area contributed by atoms with E-state index in [9.17, 15) is 14.9 Å². The molecule has 24 heavy (non-hydrogen) atoms. The Morgan fingerprint density at radius 2 is 2.08 bits per heavy atom. The Morgan fingerprint density at radius 3 is 2.88 bits per heavy atom. The molecule has 1 fully saturated rings. The summed E-state index contributed by atoms with van der Waals surface area (Å²) in [6.07, 6.45) is 4.32. The van der Waals surface area contributed by atoms with Crippen LogP contribution in [0.1, 0.15) is 43.9 Å². The van der Waals surface area contributed by atoms with Crippen molar-refractivity contribution < 1.29 is 14.0 Å². The molecule has 0 spiro atoms. The quantitative estimate of drug-likeness (QED) is 0.862. The van der Waals surface area contributed by atoms with Gasteiger partial charge < -0.3 is 9.32 Å². The number of hydrogen-bond acceptors (Lipinski definition) is 5. The normalized spacial score (nSPS) is 17.1. The first kappa shape index (κ1) is 16.2. The fraction of sp³-hybridized carbons (Fsp3) is 0.444. The molecule has 1 amide bonds. The first-order valence-corrected chi connectivity index (χ1v) is 8.24. The van der Waals surface area contributed by atoms with Crippen molar-refractivity contribution in [3.8, 4) is 6.07 Å². The standard InChI is InChI=1S/C18H19N3O3/c19-11-13(18-20-14-7-4-5-8-16(14)24-18)15(22)12-21-10-6-2-1-3-9-17(21)23/h4-5,7-8,13H,1-3,6,9-10,12H2/t13-/m0/s1. The van der Waals surface area contributed by atoms with E-state index >= 15 is 0 Å². The summed E-state index contributed by atoms with van der Waals surface area (Å²) < 4.78 is 5.55. The topological polar surface area (TPSA) is 87.2 Å². The summed E-state index contributed by atoms with van der Waals surface area (Å²) in [5, 5.41) is 9.40. The molecule has 1 aromatic carbocycles. The lowest BCUT2D eigenvalue weighted by molar-refractivity contribution is -0.136. The molecule has 0 saturated carbocycles. The zero-order chi connectivity index (χ0) is 16.9. The van der Waals surface area contributed by atoms with Crippen LogP contribution in [0.25, 0.3) is 11.1 Å². The molecule has 0 N–H and O–H groups in total. The summed E-state index contributed by atoms with van der Waals surface area (Å²) in [6, 6.07) is 9.10. The number of nitriles is 1. The van der Waals surface area contributed by atoms with E-state index in [0.29, 0.717) is 24.1 Å². The van der Waals surface area contributed by atoms with Gasteiger partial charge in [0, 0.05) is 13.0 Å². The van der Waals surface area contributed by atoms with Crippen LogP contribution < -0.4 is 0 Å². The summed E-state index contributed by atoms with van der Waals surface area (Å²) >= 11 is 0. The van der Waals surface area contributed by atoms with Crippen molar-refractivity contribution in [3.63, 3.8) is 0 Å². The van der Waals surface area contributed by atoms with Gasteiger partial charge in [-0.3, -0.25) is 9.59 Å². The smallest absolute Gasteiger partial charge is 0.222 e. The molecule has 1 aliphatic heterocycles. The Bertz CT molecular complexity index is 757. The fourth-order valence-corrected chi connectivity index (χ4v) is 2.94. The number of benzene rings is 1. The Hall–Kier alpha value is -2.68. The summed E-state index contributed by atoms with van der Waals surface area (Å²) in [6.45, 7) is 0.506. The maximum absolute atomic E-state index is 12.5. The Balaban J connectivity index is 1.76. The Labute approximate surface area is 140 Å². The predicted octanol–water partition coefficient (Wildman–Crippen LogP) is 2.80. The lowest BCUT2D eigenvalue weighted by Gasteiger charge is -2.24. The number of Topliss-reactive ketones (excluding diaryl/α,β-unsaturated/α-hetero) is 1. The molecule has 2 aromatic rings. The highest BCUT2D eigenvalue weighted by molar-refractivity contribution is 5.92.